The first-order valence-corrected chi connectivity index (χ1v) is 6.64. The minimum atomic E-state index is -0.154. The number of likely N-dealkylation sites (tertiary alicyclic amines) is 1. The van der Waals surface area contributed by atoms with E-state index in [0.717, 1.165) is 44.6 Å². The molecule has 1 unspecified atom stereocenters. The molecule has 2 heterocycles. The number of hydrogen-bond acceptors (Lipinski definition) is 4. The number of rotatable bonds is 3. The van der Waals surface area contributed by atoms with Gasteiger partial charge in [0.25, 0.3) is 5.91 Å². The zero-order valence-electron chi connectivity index (χ0n) is 10.6. The monoisotopic (exact) mass is 249 g/mol. The summed E-state index contributed by atoms with van der Waals surface area (Å²) in [5, 5.41) is 9.88. The Morgan fingerprint density at radius 3 is 3.00 bits per heavy atom. The maximum absolute atomic E-state index is 12.0. The molecule has 1 aliphatic heterocycles. The topological polar surface area (TPSA) is 73.9 Å². The minimum Gasteiger partial charge on any atom is -0.345 e. The largest absolute Gasteiger partial charge is 0.345 e. The fraction of sp³-hybridized carbons (Fsp3) is 0.750. The number of aromatic nitrogens is 3. The van der Waals surface area contributed by atoms with Crippen LogP contribution in [0.25, 0.3) is 0 Å². The van der Waals surface area contributed by atoms with Crippen LogP contribution < -0.4 is 5.32 Å². The lowest BCUT2D eigenvalue weighted by Gasteiger charge is -2.29. The van der Waals surface area contributed by atoms with Crippen molar-refractivity contribution in [2.45, 2.75) is 37.6 Å². The molecule has 18 heavy (non-hydrogen) atoms. The van der Waals surface area contributed by atoms with E-state index < -0.39 is 0 Å². The van der Waals surface area contributed by atoms with Crippen molar-refractivity contribution in [2.24, 2.45) is 0 Å². The number of piperidine rings is 1. The molecule has 1 aliphatic carbocycles. The second-order valence-electron chi connectivity index (χ2n) is 5.39. The lowest BCUT2D eigenvalue weighted by molar-refractivity contribution is 0.0902. The van der Waals surface area contributed by atoms with Gasteiger partial charge in [0.1, 0.15) is 5.82 Å². The molecule has 0 radical (unpaired) electrons. The second-order valence-corrected chi connectivity index (χ2v) is 5.39. The van der Waals surface area contributed by atoms with Crippen molar-refractivity contribution in [2.75, 3.05) is 20.1 Å². The Bertz CT molecular complexity index is 439. The van der Waals surface area contributed by atoms with Crippen LogP contribution in [0.2, 0.25) is 0 Å². The average molecular weight is 249 g/mol. The van der Waals surface area contributed by atoms with Crippen molar-refractivity contribution in [3.05, 3.63) is 11.6 Å². The molecule has 2 fully saturated rings. The Morgan fingerprint density at radius 2 is 2.28 bits per heavy atom. The third-order valence-corrected chi connectivity index (χ3v) is 3.63. The molecule has 98 valence electrons. The summed E-state index contributed by atoms with van der Waals surface area (Å²) in [7, 11) is 2.08. The smallest absolute Gasteiger partial charge is 0.291 e. The van der Waals surface area contributed by atoms with E-state index in [4.69, 9.17) is 0 Å². The maximum Gasteiger partial charge on any atom is 0.291 e. The molecule has 2 N–H and O–H groups in total. The average Bonchev–Trinajstić information content (AvgIpc) is 3.07. The van der Waals surface area contributed by atoms with Gasteiger partial charge in [-0.3, -0.25) is 9.89 Å². The number of aromatic amines is 1. The van der Waals surface area contributed by atoms with Crippen LogP contribution in [0, 0.1) is 0 Å². The lowest BCUT2D eigenvalue weighted by Crippen LogP contribution is -2.46. The van der Waals surface area contributed by atoms with Gasteiger partial charge >= 0.3 is 0 Å². The van der Waals surface area contributed by atoms with E-state index in [2.05, 4.69) is 32.4 Å². The Kier molecular flexibility index (Phi) is 3.03. The summed E-state index contributed by atoms with van der Waals surface area (Å²) in [4.78, 5) is 18.5. The van der Waals surface area contributed by atoms with Crippen molar-refractivity contribution >= 4 is 5.91 Å². The first-order chi connectivity index (χ1) is 8.72. The molecule has 6 nitrogen and oxygen atoms in total. The van der Waals surface area contributed by atoms with Crippen molar-refractivity contribution in [1.82, 2.24) is 25.4 Å². The summed E-state index contributed by atoms with van der Waals surface area (Å²) in [5.41, 5.74) is 0. The highest BCUT2D eigenvalue weighted by atomic mass is 16.2. The van der Waals surface area contributed by atoms with E-state index in [1.165, 1.54) is 0 Å². The molecule has 1 amide bonds. The van der Waals surface area contributed by atoms with Crippen LogP contribution in [-0.4, -0.2) is 52.2 Å². The number of H-pyrrole nitrogens is 1. The third-order valence-electron chi connectivity index (χ3n) is 3.63. The summed E-state index contributed by atoms with van der Waals surface area (Å²) < 4.78 is 0. The molecular weight excluding hydrogens is 230 g/mol. The minimum absolute atomic E-state index is 0.154. The molecule has 0 bridgehead atoms. The number of carbonyl (C=O) groups is 1. The number of nitrogens with one attached hydrogen (secondary N) is 2. The van der Waals surface area contributed by atoms with E-state index in [0.29, 0.717) is 5.92 Å². The second kappa shape index (κ2) is 4.68. The summed E-state index contributed by atoms with van der Waals surface area (Å²) in [5.74, 6) is 1.49. The van der Waals surface area contributed by atoms with Crippen LogP contribution >= 0.6 is 0 Å². The van der Waals surface area contributed by atoms with E-state index in [-0.39, 0.29) is 17.8 Å². The molecule has 3 rings (SSSR count). The van der Waals surface area contributed by atoms with Crippen molar-refractivity contribution in [3.8, 4) is 0 Å². The fourth-order valence-electron chi connectivity index (χ4n) is 2.45. The Hall–Kier alpha value is -1.43. The summed E-state index contributed by atoms with van der Waals surface area (Å²) >= 11 is 0. The number of carbonyl (C=O) groups excluding carboxylic acids is 1. The van der Waals surface area contributed by atoms with Gasteiger partial charge in [-0.2, -0.15) is 0 Å². The molecule has 2 aliphatic rings. The number of nitrogens with zero attached hydrogens (tertiary/aromatic N) is 3. The molecule has 6 heteroatoms. The van der Waals surface area contributed by atoms with Crippen LogP contribution in [0.15, 0.2) is 0 Å². The highest BCUT2D eigenvalue weighted by Crippen LogP contribution is 2.37. The molecule has 0 aromatic carbocycles. The van der Waals surface area contributed by atoms with E-state index in [1.54, 1.807) is 0 Å². The van der Waals surface area contributed by atoms with E-state index in [1.807, 2.05) is 0 Å². The number of amides is 1. The zero-order chi connectivity index (χ0) is 12.5. The normalized spacial score (nSPS) is 25.1. The molecule has 1 aromatic rings. The Labute approximate surface area is 106 Å². The van der Waals surface area contributed by atoms with Crippen LogP contribution in [0.4, 0.5) is 0 Å². The van der Waals surface area contributed by atoms with Gasteiger partial charge < -0.3 is 10.2 Å². The Balaban J connectivity index is 1.59. The SMILES string of the molecule is CN1CCCC(NC(=O)c2n[nH]c(C3CC3)n2)C1. The highest BCUT2D eigenvalue weighted by Gasteiger charge is 2.28. The van der Waals surface area contributed by atoms with Crippen LogP contribution in [0.3, 0.4) is 0 Å². The molecule has 0 spiro atoms. The van der Waals surface area contributed by atoms with Gasteiger partial charge in [0, 0.05) is 18.5 Å². The molecule has 1 atom stereocenters. The number of likely N-dealkylation sites (N-methyl/N-ethyl adjacent to an activating group) is 1. The molecular formula is C12H19N5O. The van der Waals surface area contributed by atoms with Gasteiger partial charge in [-0.1, -0.05) is 0 Å². The van der Waals surface area contributed by atoms with Crippen LogP contribution in [0.5, 0.6) is 0 Å². The van der Waals surface area contributed by atoms with Crippen LogP contribution in [0.1, 0.15) is 48.0 Å². The molecule has 1 saturated carbocycles. The Morgan fingerprint density at radius 1 is 1.44 bits per heavy atom. The third kappa shape index (κ3) is 2.53. The fourth-order valence-corrected chi connectivity index (χ4v) is 2.45. The van der Waals surface area contributed by atoms with Crippen molar-refractivity contribution in [1.29, 1.82) is 0 Å². The summed E-state index contributed by atoms with van der Waals surface area (Å²) in [6, 6.07) is 0.221. The van der Waals surface area contributed by atoms with E-state index >= 15 is 0 Å². The van der Waals surface area contributed by atoms with Gasteiger partial charge in [0.2, 0.25) is 5.82 Å². The van der Waals surface area contributed by atoms with E-state index in [9.17, 15) is 4.79 Å². The quantitative estimate of drug-likeness (QED) is 0.818. The zero-order valence-corrected chi connectivity index (χ0v) is 10.6. The summed E-state index contributed by atoms with van der Waals surface area (Å²) in [6.07, 6.45) is 4.48. The first-order valence-electron chi connectivity index (χ1n) is 6.64. The van der Waals surface area contributed by atoms with Crippen molar-refractivity contribution < 1.29 is 4.79 Å². The molecule has 1 saturated heterocycles. The lowest BCUT2D eigenvalue weighted by atomic mass is 10.1. The predicted octanol–water partition coefficient (Wildman–Crippen LogP) is 0.506. The van der Waals surface area contributed by atoms with Gasteiger partial charge in [-0.15, -0.1) is 5.10 Å². The summed E-state index contributed by atoms with van der Waals surface area (Å²) in [6.45, 7) is 2.02. The number of hydrogen-bond donors (Lipinski definition) is 2. The maximum atomic E-state index is 12.0. The van der Waals surface area contributed by atoms with Gasteiger partial charge in [0.05, 0.1) is 0 Å². The molecule has 1 aromatic heterocycles. The van der Waals surface area contributed by atoms with Gasteiger partial charge in [-0.05, 0) is 39.3 Å². The van der Waals surface area contributed by atoms with Gasteiger partial charge in [0.15, 0.2) is 0 Å². The standard InChI is InChI=1S/C12H19N5O/c1-17-6-2-3-9(7-17)13-12(18)11-14-10(15-16-11)8-4-5-8/h8-9H,2-7H2,1H3,(H,13,18)(H,14,15,16). The van der Waals surface area contributed by atoms with Crippen molar-refractivity contribution in [3.63, 3.8) is 0 Å². The first kappa shape index (κ1) is 11.6. The van der Waals surface area contributed by atoms with Crippen LogP contribution in [-0.2, 0) is 0 Å². The predicted molar refractivity (Wildman–Crippen MR) is 66.3 cm³/mol. The van der Waals surface area contributed by atoms with Gasteiger partial charge in [-0.25, -0.2) is 4.98 Å². The highest BCUT2D eigenvalue weighted by molar-refractivity contribution is 5.90.